The van der Waals surface area contributed by atoms with Crippen molar-refractivity contribution in [3.63, 3.8) is 0 Å². The predicted molar refractivity (Wildman–Crippen MR) is 28.8 cm³/mol. The summed E-state index contributed by atoms with van der Waals surface area (Å²) in [6.07, 6.45) is 1.83. The van der Waals surface area contributed by atoms with Crippen LogP contribution in [-0.4, -0.2) is 8.56 Å². The fourth-order valence-corrected chi connectivity index (χ4v) is 1.63. The normalized spacial score (nSPS) is 24.1. The van der Waals surface area contributed by atoms with Crippen LogP contribution in [0, 0.1) is 0 Å². The highest BCUT2D eigenvalue weighted by molar-refractivity contribution is 6.71. The number of rotatable bonds is 2. The molecule has 0 aromatic carbocycles. The summed E-state index contributed by atoms with van der Waals surface area (Å²) in [5, 5.41) is 0. The van der Waals surface area contributed by atoms with Gasteiger partial charge in [-0.15, -0.1) is 6.58 Å². The molecule has 1 rings (SSSR count). The summed E-state index contributed by atoms with van der Waals surface area (Å²) in [6.45, 7) is 5.57. The van der Waals surface area contributed by atoms with Crippen molar-refractivity contribution in [3.8, 4) is 0 Å². The van der Waals surface area contributed by atoms with Crippen LogP contribution in [0.25, 0.3) is 0 Å². The van der Waals surface area contributed by atoms with Gasteiger partial charge in [0.2, 0.25) is 0 Å². The van der Waals surface area contributed by atoms with Gasteiger partial charge < -0.3 is 0 Å². The molecule has 1 aliphatic rings. The molecule has 0 aromatic rings. The SMILES string of the molecule is C=CC[Si]1(C)OO1. The average Bonchev–Trinajstić information content (AvgIpc) is 2.22. The Morgan fingerprint density at radius 3 is 2.43 bits per heavy atom. The van der Waals surface area contributed by atoms with E-state index in [9.17, 15) is 0 Å². The highest BCUT2D eigenvalue weighted by Gasteiger charge is 2.47. The van der Waals surface area contributed by atoms with E-state index in [4.69, 9.17) is 9.15 Å². The van der Waals surface area contributed by atoms with Gasteiger partial charge in [-0.3, -0.25) is 9.15 Å². The number of hydrogen-bond acceptors (Lipinski definition) is 2. The minimum Gasteiger partial charge on any atom is -0.257 e. The highest BCUT2D eigenvalue weighted by atomic mass is 28.4. The Balaban J connectivity index is 2.25. The molecule has 0 atom stereocenters. The van der Waals surface area contributed by atoms with Crippen LogP contribution in [0.15, 0.2) is 12.7 Å². The maximum absolute atomic E-state index is 4.70. The molecule has 0 spiro atoms. The second kappa shape index (κ2) is 1.43. The van der Waals surface area contributed by atoms with Crippen molar-refractivity contribution >= 4 is 8.56 Å². The summed E-state index contributed by atoms with van der Waals surface area (Å²) < 4.78 is 9.41. The molecule has 0 N–H and O–H groups in total. The third kappa shape index (κ3) is 1.12. The molecule has 0 unspecified atom stereocenters. The number of hydrogen-bond donors (Lipinski definition) is 0. The quantitative estimate of drug-likeness (QED) is 0.234. The summed E-state index contributed by atoms with van der Waals surface area (Å²) in [7, 11) is -1.53. The molecular weight excluding hydrogens is 108 g/mol. The first-order valence-electron chi connectivity index (χ1n) is 2.24. The molecule has 1 aliphatic heterocycles. The summed E-state index contributed by atoms with van der Waals surface area (Å²) in [5.74, 6) is 0. The zero-order chi connectivity index (χ0) is 5.33. The Kier molecular flexibility index (Phi) is 1.03. The van der Waals surface area contributed by atoms with Gasteiger partial charge in [0.15, 0.2) is 0 Å². The van der Waals surface area contributed by atoms with E-state index in [2.05, 4.69) is 6.58 Å². The minimum absolute atomic E-state index is 0.910. The molecule has 0 saturated carbocycles. The lowest BCUT2D eigenvalue weighted by Gasteiger charge is -1.81. The first kappa shape index (κ1) is 5.02. The van der Waals surface area contributed by atoms with Crippen molar-refractivity contribution in [1.82, 2.24) is 0 Å². The maximum Gasteiger partial charge on any atom is 0.407 e. The smallest absolute Gasteiger partial charge is 0.257 e. The van der Waals surface area contributed by atoms with Crippen molar-refractivity contribution in [2.45, 2.75) is 12.6 Å². The first-order chi connectivity index (χ1) is 3.27. The van der Waals surface area contributed by atoms with E-state index >= 15 is 0 Å². The number of allylic oxidation sites excluding steroid dienone is 1. The van der Waals surface area contributed by atoms with E-state index in [1.165, 1.54) is 0 Å². The van der Waals surface area contributed by atoms with Crippen molar-refractivity contribution in [3.05, 3.63) is 12.7 Å². The Bertz CT molecular complexity index is 87.7. The molecule has 40 valence electrons. The van der Waals surface area contributed by atoms with Crippen LogP contribution >= 0.6 is 0 Å². The van der Waals surface area contributed by atoms with Gasteiger partial charge >= 0.3 is 8.56 Å². The van der Waals surface area contributed by atoms with Crippen LogP contribution in [0.5, 0.6) is 0 Å². The summed E-state index contributed by atoms with van der Waals surface area (Å²) in [6, 6.07) is 0.910. The van der Waals surface area contributed by atoms with Gasteiger partial charge in [0.25, 0.3) is 0 Å². The molecule has 2 nitrogen and oxygen atoms in total. The third-order valence-electron chi connectivity index (χ3n) is 0.883. The van der Waals surface area contributed by atoms with E-state index in [-0.39, 0.29) is 0 Å². The van der Waals surface area contributed by atoms with E-state index in [1.807, 2.05) is 12.6 Å². The van der Waals surface area contributed by atoms with Crippen molar-refractivity contribution in [2.75, 3.05) is 0 Å². The molecule has 0 radical (unpaired) electrons. The first-order valence-corrected chi connectivity index (χ1v) is 4.77. The highest BCUT2D eigenvalue weighted by Crippen LogP contribution is 2.27. The van der Waals surface area contributed by atoms with Gasteiger partial charge in [-0.05, 0) is 6.55 Å². The van der Waals surface area contributed by atoms with E-state index < -0.39 is 8.56 Å². The monoisotopic (exact) mass is 116 g/mol. The van der Waals surface area contributed by atoms with Crippen LogP contribution in [-0.2, 0) is 9.15 Å². The molecule has 0 amide bonds. The molecule has 0 aliphatic carbocycles. The zero-order valence-corrected chi connectivity index (χ0v) is 5.31. The Labute approximate surface area is 43.9 Å². The molecule has 0 bridgehead atoms. The van der Waals surface area contributed by atoms with Crippen LogP contribution in [0.2, 0.25) is 12.6 Å². The zero-order valence-electron chi connectivity index (χ0n) is 4.31. The molecular formula is C4H8O2Si. The topological polar surface area (TPSA) is 25.1 Å². The van der Waals surface area contributed by atoms with Gasteiger partial charge in [0, 0.05) is 6.04 Å². The summed E-state index contributed by atoms with van der Waals surface area (Å²) >= 11 is 0. The van der Waals surface area contributed by atoms with Gasteiger partial charge in [-0.2, -0.15) is 0 Å². The summed E-state index contributed by atoms with van der Waals surface area (Å²) in [5.41, 5.74) is 0. The minimum atomic E-state index is -1.53. The molecule has 1 saturated heterocycles. The van der Waals surface area contributed by atoms with Crippen LogP contribution in [0.4, 0.5) is 0 Å². The molecule has 0 aromatic heterocycles. The fourth-order valence-electron chi connectivity index (χ4n) is 0.401. The van der Waals surface area contributed by atoms with E-state index in [1.54, 1.807) is 0 Å². The van der Waals surface area contributed by atoms with Crippen LogP contribution in [0.3, 0.4) is 0 Å². The lowest BCUT2D eigenvalue weighted by molar-refractivity contribution is 0.0850. The van der Waals surface area contributed by atoms with Gasteiger partial charge in [0.1, 0.15) is 0 Å². The van der Waals surface area contributed by atoms with Gasteiger partial charge in [-0.25, -0.2) is 0 Å². The van der Waals surface area contributed by atoms with Crippen LogP contribution < -0.4 is 0 Å². The van der Waals surface area contributed by atoms with Crippen LogP contribution in [0.1, 0.15) is 0 Å². The average molecular weight is 116 g/mol. The van der Waals surface area contributed by atoms with Crippen molar-refractivity contribution < 1.29 is 9.15 Å². The Morgan fingerprint density at radius 1 is 1.71 bits per heavy atom. The summed E-state index contributed by atoms with van der Waals surface area (Å²) in [4.78, 5) is 0. The van der Waals surface area contributed by atoms with Crippen molar-refractivity contribution in [1.29, 1.82) is 0 Å². The molecule has 1 fully saturated rings. The fraction of sp³-hybridized carbons (Fsp3) is 0.500. The maximum atomic E-state index is 4.70. The molecule has 7 heavy (non-hydrogen) atoms. The van der Waals surface area contributed by atoms with Crippen molar-refractivity contribution in [2.24, 2.45) is 0 Å². The Hall–Kier alpha value is -0.123. The standard InChI is InChI=1S/C4H8O2Si/c1-3-4-7(2)5-6-7/h3H,1,4H2,2H3. The van der Waals surface area contributed by atoms with E-state index in [0.717, 1.165) is 6.04 Å². The third-order valence-corrected chi connectivity index (χ3v) is 2.65. The lowest BCUT2D eigenvalue weighted by atomic mass is 10.8. The van der Waals surface area contributed by atoms with Gasteiger partial charge in [0.05, 0.1) is 0 Å². The molecule has 3 heteroatoms. The second-order valence-electron chi connectivity index (χ2n) is 1.79. The molecule has 1 heterocycles. The second-order valence-corrected chi connectivity index (χ2v) is 4.80. The van der Waals surface area contributed by atoms with E-state index in [0.29, 0.717) is 0 Å². The Morgan fingerprint density at radius 2 is 2.29 bits per heavy atom. The lowest BCUT2D eigenvalue weighted by Crippen LogP contribution is -2.06. The largest absolute Gasteiger partial charge is 0.407 e. The van der Waals surface area contributed by atoms with Gasteiger partial charge in [-0.1, -0.05) is 6.08 Å². The predicted octanol–water partition coefficient (Wildman–Crippen LogP) is 1.21.